The molecule has 22 heavy (non-hydrogen) atoms. The highest BCUT2D eigenvalue weighted by atomic mass is 15.3. The molecule has 0 N–H and O–H groups in total. The van der Waals surface area contributed by atoms with Crippen LogP contribution in [0.5, 0.6) is 0 Å². The third-order valence-electron chi connectivity index (χ3n) is 5.48. The minimum atomic E-state index is 0.732. The van der Waals surface area contributed by atoms with Crippen LogP contribution in [-0.4, -0.2) is 60.2 Å². The summed E-state index contributed by atoms with van der Waals surface area (Å²) in [6, 6.07) is 2.94. The molecule has 3 aliphatic rings. The second-order valence-corrected chi connectivity index (χ2v) is 6.91. The Labute approximate surface area is 133 Å². The SMILES string of the molecule is c1nc(N2CCCCC2)cc(N2CCN3CCCCC3C2)n1. The molecule has 5 nitrogen and oxygen atoms in total. The van der Waals surface area contributed by atoms with E-state index in [1.54, 1.807) is 6.33 Å². The van der Waals surface area contributed by atoms with Crippen molar-refractivity contribution in [2.75, 3.05) is 49.1 Å². The van der Waals surface area contributed by atoms with Crippen molar-refractivity contribution >= 4 is 11.6 Å². The molecule has 1 unspecified atom stereocenters. The van der Waals surface area contributed by atoms with Crippen LogP contribution in [0.4, 0.5) is 11.6 Å². The third kappa shape index (κ3) is 2.91. The lowest BCUT2D eigenvalue weighted by Gasteiger charge is -2.44. The van der Waals surface area contributed by atoms with Crippen LogP contribution in [-0.2, 0) is 0 Å². The Balaban J connectivity index is 1.47. The number of hydrogen-bond acceptors (Lipinski definition) is 5. The van der Waals surface area contributed by atoms with Crippen LogP contribution in [0.25, 0.3) is 0 Å². The smallest absolute Gasteiger partial charge is 0.134 e. The molecule has 1 atom stereocenters. The molecule has 1 aromatic heterocycles. The molecular formula is C17H27N5. The summed E-state index contributed by atoms with van der Waals surface area (Å²) in [6.07, 6.45) is 9.81. The molecule has 1 aromatic rings. The molecule has 0 bridgehead atoms. The average molecular weight is 301 g/mol. The Bertz CT molecular complexity index is 500. The van der Waals surface area contributed by atoms with Gasteiger partial charge in [0.25, 0.3) is 0 Å². The number of aromatic nitrogens is 2. The fraction of sp³-hybridized carbons (Fsp3) is 0.765. The highest BCUT2D eigenvalue weighted by Crippen LogP contribution is 2.26. The predicted molar refractivity (Wildman–Crippen MR) is 89.5 cm³/mol. The quantitative estimate of drug-likeness (QED) is 0.836. The van der Waals surface area contributed by atoms with Crippen molar-refractivity contribution in [1.82, 2.24) is 14.9 Å². The molecule has 0 amide bonds. The number of nitrogens with zero attached hydrogens (tertiary/aromatic N) is 5. The summed E-state index contributed by atoms with van der Waals surface area (Å²) in [6.45, 7) is 7.01. The van der Waals surface area contributed by atoms with E-state index in [1.807, 2.05) is 0 Å². The maximum absolute atomic E-state index is 4.57. The highest BCUT2D eigenvalue weighted by molar-refractivity contribution is 5.50. The maximum Gasteiger partial charge on any atom is 0.134 e. The van der Waals surface area contributed by atoms with Crippen molar-refractivity contribution in [3.05, 3.63) is 12.4 Å². The van der Waals surface area contributed by atoms with Gasteiger partial charge in [-0.05, 0) is 38.6 Å². The molecule has 0 spiro atoms. The average Bonchev–Trinajstić information content (AvgIpc) is 2.62. The monoisotopic (exact) mass is 301 g/mol. The number of fused-ring (bicyclic) bond motifs is 1. The lowest BCUT2D eigenvalue weighted by Crippen LogP contribution is -2.55. The van der Waals surface area contributed by atoms with E-state index in [0.29, 0.717) is 0 Å². The number of anilines is 2. The molecule has 0 saturated carbocycles. The number of piperidine rings is 2. The largest absolute Gasteiger partial charge is 0.356 e. The summed E-state index contributed by atoms with van der Waals surface area (Å²) in [4.78, 5) is 16.7. The van der Waals surface area contributed by atoms with Gasteiger partial charge in [0.1, 0.15) is 18.0 Å². The van der Waals surface area contributed by atoms with Crippen molar-refractivity contribution in [3.63, 3.8) is 0 Å². The van der Waals surface area contributed by atoms with Gasteiger partial charge in [-0.15, -0.1) is 0 Å². The van der Waals surface area contributed by atoms with Gasteiger partial charge < -0.3 is 9.80 Å². The van der Waals surface area contributed by atoms with Crippen LogP contribution in [0.15, 0.2) is 12.4 Å². The molecule has 120 valence electrons. The van der Waals surface area contributed by atoms with E-state index >= 15 is 0 Å². The normalized spacial score (nSPS) is 26.8. The van der Waals surface area contributed by atoms with Gasteiger partial charge in [-0.3, -0.25) is 4.90 Å². The number of piperazine rings is 1. The first-order chi connectivity index (χ1) is 10.9. The molecule has 3 aliphatic heterocycles. The van der Waals surface area contributed by atoms with Crippen molar-refractivity contribution in [1.29, 1.82) is 0 Å². The highest BCUT2D eigenvalue weighted by Gasteiger charge is 2.29. The molecule has 0 aromatic carbocycles. The van der Waals surface area contributed by atoms with Crippen LogP contribution >= 0.6 is 0 Å². The summed E-state index contributed by atoms with van der Waals surface area (Å²) in [5.41, 5.74) is 0. The number of hydrogen-bond donors (Lipinski definition) is 0. The first-order valence-electron chi connectivity index (χ1n) is 8.96. The van der Waals surface area contributed by atoms with Crippen LogP contribution in [0, 0.1) is 0 Å². The van der Waals surface area contributed by atoms with E-state index in [4.69, 9.17) is 0 Å². The Morgan fingerprint density at radius 2 is 1.55 bits per heavy atom. The molecule has 4 heterocycles. The fourth-order valence-electron chi connectivity index (χ4n) is 4.17. The zero-order valence-corrected chi connectivity index (χ0v) is 13.5. The second kappa shape index (κ2) is 6.41. The lowest BCUT2D eigenvalue weighted by molar-refractivity contribution is 0.133. The third-order valence-corrected chi connectivity index (χ3v) is 5.48. The van der Waals surface area contributed by atoms with Crippen LogP contribution in [0.3, 0.4) is 0 Å². The molecule has 4 rings (SSSR count). The molecule has 5 heteroatoms. The van der Waals surface area contributed by atoms with E-state index in [-0.39, 0.29) is 0 Å². The number of rotatable bonds is 2. The van der Waals surface area contributed by atoms with E-state index in [2.05, 4.69) is 30.7 Å². The molecular weight excluding hydrogens is 274 g/mol. The van der Waals surface area contributed by atoms with Gasteiger partial charge >= 0.3 is 0 Å². The molecule has 3 saturated heterocycles. The zero-order chi connectivity index (χ0) is 14.8. The molecule has 0 radical (unpaired) electrons. The van der Waals surface area contributed by atoms with E-state index in [0.717, 1.165) is 43.9 Å². The van der Waals surface area contributed by atoms with Crippen molar-refractivity contribution in [3.8, 4) is 0 Å². The van der Waals surface area contributed by atoms with Crippen molar-refractivity contribution in [2.24, 2.45) is 0 Å². The van der Waals surface area contributed by atoms with Gasteiger partial charge in [0.05, 0.1) is 0 Å². The Kier molecular flexibility index (Phi) is 4.15. The van der Waals surface area contributed by atoms with E-state index in [1.165, 1.54) is 51.6 Å². The summed E-state index contributed by atoms with van der Waals surface area (Å²) in [5.74, 6) is 2.25. The van der Waals surface area contributed by atoms with Gasteiger partial charge in [-0.1, -0.05) is 6.42 Å². The van der Waals surface area contributed by atoms with Crippen LogP contribution in [0.2, 0.25) is 0 Å². The summed E-state index contributed by atoms with van der Waals surface area (Å²) < 4.78 is 0. The first kappa shape index (κ1) is 14.2. The summed E-state index contributed by atoms with van der Waals surface area (Å²) in [5, 5.41) is 0. The minimum Gasteiger partial charge on any atom is -0.356 e. The summed E-state index contributed by atoms with van der Waals surface area (Å²) in [7, 11) is 0. The van der Waals surface area contributed by atoms with Gasteiger partial charge in [0, 0.05) is 44.8 Å². The topological polar surface area (TPSA) is 35.5 Å². The van der Waals surface area contributed by atoms with Crippen LogP contribution in [0.1, 0.15) is 38.5 Å². The Morgan fingerprint density at radius 3 is 2.41 bits per heavy atom. The van der Waals surface area contributed by atoms with Gasteiger partial charge in [0.15, 0.2) is 0 Å². The lowest BCUT2D eigenvalue weighted by atomic mass is 9.99. The van der Waals surface area contributed by atoms with Gasteiger partial charge in [-0.25, -0.2) is 9.97 Å². The van der Waals surface area contributed by atoms with Gasteiger partial charge in [-0.2, -0.15) is 0 Å². The first-order valence-corrected chi connectivity index (χ1v) is 8.96. The van der Waals surface area contributed by atoms with Gasteiger partial charge in [0.2, 0.25) is 0 Å². The fourth-order valence-corrected chi connectivity index (χ4v) is 4.17. The van der Waals surface area contributed by atoms with E-state index < -0.39 is 0 Å². The van der Waals surface area contributed by atoms with Crippen molar-refractivity contribution < 1.29 is 0 Å². The maximum atomic E-state index is 4.57. The summed E-state index contributed by atoms with van der Waals surface area (Å²) >= 11 is 0. The Hall–Kier alpha value is -1.36. The standard InChI is InChI=1S/C17H27N5/c1-3-8-21(9-4-1)16-12-17(19-14-18-16)22-11-10-20-7-5-2-6-15(20)13-22/h12,14-15H,1-11,13H2. The van der Waals surface area contributed by atoms with Crippen molar-refractivity contribution in [2.45, 2.75) is 44.6 Å². The van der Waals surface area contributed by atoms with E-state index in [9.17, 15) is 0 Å². The molecule has 3 fully saturated rings. The zero-order valence-electron chi connectivity index (χ0n) is 13.5. The minimum absolute atomic E-state index is 0.732. The molecule has 0 aliphatic carbocycles. The second-order valence-electron chi connectivity index (χ2n) is 6.91. The van der Waals surface area contributed by atoms with Crippen LogP contribution < -0.4 is 9.80 Å². The Morgan fingerprint density at radius 1 is 0.773 bits per heavy atom. The predicted octanol–water partition coefficient (Wildman–Crippen LogP) is 2.14.